The van der Waals surface area contributed by atoms with Gasteiger partial charge in [-0.05, 0) is 38.8 Å². The van der Waals surface area contributed by atoms with E-state index in [1.54, 1.807) is 7.11 Å². The lowest BCUT2D eigenvalue weighted by Gasteiger charge is -2.20. The highest BCUT2D eigenvalue weighted by molar-refractivity contribution is 5.33. The van der Waals surface area contributed by atoms with Crippen LogP contribution in [0.2, 0.25) is 0 Å². The van der Waals surface area contributed by atoms with E-state index >= 15 is 0 Å². The normalized spacial score (nSPS) is 13.9. The SMILES string of the molecule is CCn1cc(C(C)NC(C)Cc2ccccc2OC)cn1. The van der Waals surface area contributed by atoms with Crippen LogP contribution in [0.5, 0.6) is 5.75 Å². The van der Waals surface area contributed by atoms with Crippen LogP contribution in [-0.2, 0) is 13.0 Å². The lowest BCUT2D eigenvalue weighted by molar-refractivity contribution is 0.403. The molecule has 2 rings (SSSR count). The number of aromatic nitrogens is 2. The van der Waals surface area contributed by atoms with E-state index in [1.807, 2.05) is 23.0 Å². The van der Waals surface area contributed by atoms with Crippen LogP contribution >= 0.6 is 0 Å². The molecule has 0 saturated heterocycles. The van der Waals surface area contributed by atoms with E-state index in [2.05, 4.69) is 49.5 Å². The molecule has 1 aromatic heterocycles. The Morgan fingerprint density at radius 2 is 2.05 bits per heavy atom. The van der Waals surface area contributed by atoms with Crippen molar-refractivity contribution in [2.75, 3.05) is 7.11 Å². The van der Waals surface area contributed by atoms with E-state index in [0.29, 0.717) is 6.04 Å². The Kier molecular flexibility index (Phi) is 5.39. The number of para-hydroxylation sites is 1. The molecule has 21 heavy (non-hydrogen) atoms. The summed E-state index contributed by atoms with van der Waals surface area (Å²) >= 11 is 0. The third-order valence-corrected chi connectivity index (χ3v) is 3.73. The van der Waals surface area contributed by atoms with Gasteiger partial charge in [-0.1, -0.05) is 18.2 Å². The summed E-state index contributed by atoms with van der Waals surface area (Å²) in [6.07, 6.45) is 4.99. The molecule has 4 heteroatoms. The second-order valence-electron chi connectivity index (χ2n) is 5.43. The van der Waals surface area contributed by atoms with E-state index in [4.69, 9.17) is 4.74 Å². The first-order valence-corrected chi connectivity index (χ1v) is 7.54. The molecule has 0 aliphatic rings. The van der Waals surface area contributed by atoms with Crippen molar-refractivity contribution in [1.29, 1.82) is 0 Å². The Balaban J connectivity index is 1.96. The van der Waals surface area contributed by atoms with Crippen molar-refractivity contribution >= 4 is 0 Å². The number of nitrogens with zero attached hydrogens (tertiary/aromatic N) is 2. The van der Waals surface area contributed by atoms with Gasteiger partial charge in [0.25, 0.3) is 0 Å². The van der Waals surface area contributed by atoms with Crippen LogP contribution < -0.4 is 10.1 Å². The van der Waals surface area contributed by atoms with Crippen molar-refractivity contribution in [1.82, 2.24) is 15.1 Å². The number of ether oxygens (including phenoxy) is 1. The first-order chi connectivity index (χ1) is 10.1. The second kappa shape index (κ2) is 7.27. The largest absolute Gasteiger partial charge is 0.496 e. The summed E-state index contributed by atoms with van der Waals surface area (Å²) in [6, 6.07) is 8.84. The standard InChI is InChI=1S/C17H25N3O/c1-5-20-12-16(11-18-20)14(3)19-13(2)10-15-8-6-7-9-17(15)21-4/h6-9,11-14,19H,5,10H2,1-4H3. The summed E-state index contributed by atoms with van der Waals surface area (Å²) in [6.45, 7) is 7.38. The van der Waals surface area contributed by atoms with Gasteiger partial charge in [0.15, 0.2) is 0 Å². The zero-order chi connectivity index (χ0) is 15.2. The van der Waals surface area contributed by atoms with Gasteiger partial charge in [-0.15, -0.1) is 0 Å². The summed E-state index contributed by atoms with van der Waals surface area (Å²) in [5.41, 5.74) is 2.46. The molecule has 1 N–H and O–H groups in total. The van der Waals surface area contributed by atoms with Crippen molar-refractivity contribution in [3.05, 3.63) is 47.8 Å². The number of methoxy groups -OCH3 is 1. The molecule has 0 fully saturated rings. The number of aryl methyl sites for hydroxylation is 1. The molecular weight excluding hydrogens is 262 g/mol. The van der Waals surface area contributed by atoms with Crippen LogP contribution in [0.25, 0.3) is 0 Å². The highest BCUT2D eigenvalue weighted by Gasteiger charge is 2.13. The van der Waals surface area contributed by atoms with Gasteiger partial charge in [-0.3, -0.25) is 4.68 Å². The molecule has 0 aliphatic carbocycles. The number of hydrogen-bond donors (Lipinski definition) is 1. The van der Waals surface area contributed by atoms with Gasteiger partial charge in [-0.25, -0.2) is 0 Å². The van der Waals surface area contributed by atoms with Crippen LogP contribution in [0.15, 0.2) is 36.7 Å². The highest BCUT2D eigenvalue weighted by atomic mass is 16.5. The topological polar surface area (TPSA) is 39.1 Å². The molecule has 0 saturated carbocycles. The van der Waals surface area contributed by atoms with Gasteiger partial charge >= 0.3 is 0 Å². The van der Waals surface area contributed by atoms with Crippen molar-refractivity contribution in [2.45, 2.75) is 45.8 Å². The smallest absolute Gasteiger partial charge is 0.122 e. The molecule has 2 atom stereocenters. The van der Waals surface area contributed by atoms with E-state index < -0.39 is 0 Å². The first-order valence-electron chi connectivity index (χ1n) is 7.54. The fraction of sp³-hybridized carbons (Fsp3) is 0.471. The Morgan fingerprint density at radius 1 is 1.29 bits per heavy atom. The zero-order valence-electron chi connectivity index (χ0n) is 13.3. The van der Waals surface area contributed by atoms with E-state index in [1.165, 1.54) is 11.1 Å². The Bertz CT molecular complexity index is 565. The molecule has 114 valence electrons. The van der Waals surface area contributed by atoms with Gasteiger partial charge in [0.05, 0.1) is 13.3 Å². The summed E-state index contributed by atoms with van der Waals surface area (Å²) in [4.78, 5) is 0. The highest BCUT2D eigenvalue weighted by Crippen LogP contribution is 2.20. The molecule has 0 radical (unpaired) electrons. The number of rotatable bonds is 7. The maximum atomic E-state index is 5.41. The van der Waals surface area contributed by atoms with Crippen molar-refractivity contribution in [3.8, 4) is 5.75 Å². The molecule has 0 aliphatic heterocycles. The summed E-state index contributed by atoms with van der Waals surface area (Å²) < 4.78 is 7.37. The van der Waals surface area contributed by atoms with Crippen molar-refractivity contribution in [2.24, 2.45) is 0 Å². The van der Waals surface area contributed by atoms with Gasteiger partial charge in [0, 0.05) is 30.4 Å². The molecule has 1 heterocycles. The van der Waals surface area contributed by atoms with Gasteiger partial charge < -0.3 is 10.1 Å². The van der Waals surface area contributed by atoms with Crippen LogP contribution in [0.4, 0.5) is 0 Å². The minimum Gasteiger partial charge on any atom is -0.496 e. The van der Waals surface area contributed by atoms with Crippen LogP contribution in [-0.4, -0.2) is 22.9 Å². The number of nitrogens with one attached hydrogen (secondary N) is 1. The molecular formula is C17H25N3O. The lowest BCUT2D eigenvalue weighted by Crippen LogP contribution is -2.30. The molecule has 2 unspecified atom stereocenters. The first kappa shape index (κ1) is 15.6. The Labute approximate surface area is 127 Å². The molecule has 0 bridgehead atoms. The monoisotopic (exact) mass is 287 g/mol. The van der Waals surface area contributed by atoms with Gasteiger partial charge in [0.2, 0.25) is 0 Å². The predicted molar refractivity (Wildman–Crippen MR) is 85.6 cm³/mol. The van der Waals surface area contributed by atoms with Crippen LogP contribution in [0.1, 0.15) is 37.9 Å². The lowest BCUT2D eigenvalue weighted by atomic mass is 10.0. The minimum atomic E-state index is 0.287. The maximum absolute atomic E-state index is 5.41. The third-order valence-electron chi connectivity index (χ3n) is 3.73. The summed E-state index contributed by atoms with van der Waals surface area (Å²) in [5, 5.41) is 7.96. The maximum Gasteiger partial charge on any atom is 0.122 e. The van der Waals surface area contributed by atoms with Gasteiger partial charge in [0.1, 0.15) is 5.75 Å². The molecule has 0 amide bonds. The fourth-order valence-electron chi connectivity index (χ4n) is 2.56. The summed E-state index contributed by atoms with van der Waals surface area (Å²) in [5.74, 6) is 0.956. The van der Waals surface area contributed by atoms with E-state index in [0.717, 1.165) is 18.7 Å². The zero-order valence-corrected chi connectivity index (χ0v) is 13.3. The van der Waals surface area contributed by atoms with Crippen LogP contribution in [0.3, 0.4) is 0 Å². The second-order valence-corrected chi connectivity index (χ2v) is 5.43. The predicted octanol–water partition coefficient (Wildman–Crippen LogP) is 3.19. The number of hydrogen-bond acceptors (Lipinski definition) is 3. The minimum absolute atomic E-state index is 0.287. The molecule has 4 nitrogen and oxygen atoms in total. The molecule has 1 aromatic carbocycles. The fourth-order valence-corrected chi connectivity index (χ4v) is 2.56. The average Bonchev–Trinajstić information content (AvgIpc) is 2.96. The van der Waals surface area contributed by atoms with E-state index in [9.17, 15) is 0 Å². The molecule has 0 spiro atoms. The average molecular weight is 287 g/mol. The number of benzene rings is 1. The van der Waals surface area contributed by atoms with Gasteiger partial charge in [-0.2, -0.15) is 5.10 Å². The van der Waals surface area contributed by atoms with Crippen molar-refractivity contribution in [3.63, 3.8) is 0 Å². The third kappa shape index (κ3) is 4.08. The van der Waals surface area contributed by atoms with Crippen LogP contribution in [0, 0.1) is 0 Å². The Morgan fingerprint density at radius 3 is 2.71 bits per heavy atom. The quantitative estimate of drug-likeness (QED) is 0.850. The Hall–Kier alpha value is -1.81. The molecule has 2 aromatic rings. The van der Waals surface area contributed by atoms with Crippen molar-refractivity contribution < 1.29 is 4.74 Å². The van der Waals surface area contributed by atoms with E-state index in [-0.39, 0.29) is 6.04 Å². The summed E-state index contributed by atoms with van der Waals surface area (Å²) in [7, 11) is 1.72.